The molecule has 202 valence electrons. The molecule has 2 aromatic heterocycles. The van der Waals surface area contributed by atoms with Gasteiger partial charge in [-0.2, -0.15) is 8.42 Å². The van der Waals surface area contributed by atoms with E-state index < -0.39 is 10.0 Å². The summed E-state index contributed by atoms with van der Waals surface area (Å²) in [5, 5.41) is 7.06. The van der Waals surface area contributed by atoms with Gasteiger partial charge in [0.1, 0.15) is 12.1 Å². The summed E-state index contributed by atoms with van der Waals surface area (Å²) in [6.45, 7) is 2.57. The molecule has 2 N–H and O–H groups in total. The predicted molar refractivity (Wildman–Crippen MR) is 145 cm³/mol. The maximum Gasteiger partial charge on any atom is 0.280 e. The first-order valence-corrected chi connectivity index (χ1v) is 14.1. The molecule has 0 unspecified atom stereocenters. The number of anilines is 3. The second kappa shape index (κ2) is 11.0. The molecule has 0 spiro atoms. The number of hydrogen-bond donors (Lipinski definition) is 2. The van der Waals surface area contributed by atoms with E-state index in [4.69, 9.17) is 16.1 Å². The van der Waals surface area contributed by atoms with Crippen molar-refractivity contribution in [1.29, 1.82) is 0 Å². The zero-order valence-electron chi connectivity index (χ0n) is 20.9. The molecule has 1 fully saturated rings. The van der Waals surface area contributed by atoms with E-state index in [1.165, 1.54) is 30.7 Å². The zero-order chi connectivity index (χ0) is 27.6. The van der Waals surface area contributed by atoms with Crippen LogP contribution in [0.1, 0.15) is 40.2 Å². The largest absolute Gasteiger partial charge is 0.363 e. The summed E-state index contributed by atoms with van der Waals surface area (Å²) < 4.78 is 46.6. The number of hydrogen-bond acceptors (Lipinski definition) is 7. The quantitative estimate of drug-likeness (QED) is 0.291. The number of halogens is 2. The lowest BCUT2D eigenvalue weighted by Crippen LogP contribution is -2.38. The molecule has 1 saturated heterocycles. The van der Waals surface area contributed by atoms with Crippen molar-refractivity contribution in [3.63, 3.8) is 0 Å². The number of rotatable bonds is 7. The first-order chi connectivity index (χ1) is 18.7. The summed E-state index contributed by atoms with van der Waals surface area (Å²) in [5.41, 5.74) is 2.47. The fraction of sp³-hybridized carbons (Fsp3) is 0.222. The van der Waals surface area contributed by atoms with Crippen LogP contribution in [0.2, 0.25) is 5.02 Å². The van der Waals surface area contributed by atoms with Gasteiger partial charge in [-0.15, -0.1) is 0 Å². The average Bonchev–Trinajstić information content (AvgIpc) is 3.43. The van der Waals surface area contributed by atoms with Crippen molar-refractivity contribution in [2.75, 3.05) is 23.1 Å². The second-order valence-electron chi connectivity index (χ2n) is 9.22. The first-order valence-electron chi connectivity index (χ1n) is 12.2. The summed E-state index contributed by atoms with van der Waals surface area (Å²) in [5.74, 6) is -0.325. The summed E-state index contributed by atoms with van der Waals surface area (Å²) in [6.07, 6.45) is 3.96. The number of pyridine rings is 1. The van der Waals surface area contributed by atoms with Crippen LogP contribution in [-0.4, -0.2) is 42.5 Å². The van der Waals surface area contributed by atoms with Crippen LogP contribution in [0.5, 0.6) is 0 Å². The fourth-order valence-electron chi connectivity index (χ4n) is 4.64. The average molecular weight is 570 g/mol. The van der Waals surface area contributed by atoms with Gasteiger partial charge >= 0.3 is 0 Å². The van der Waals surface area contributed by atoms with Gasteiger partial charge in [0.15, 0.2) is 10.8 Å². The van der Waals surface area contributed by atoms with Gasteiger partial charge in [-0.1, -0.05) is 28.9 Å². The molecule has 0 aliphatic carbocycles. The van der Waals surface area contributed by atoms with Crippen molar-refractivity contribution in [3.05, 3.63) is 94.6 Å². The van der Waals surface area contributed by atoms with Gasteiger partial charge in [-0.3, -0.25) is 9.52 Å². The van der Waals surface area contributed by atoms with E-state index in [0.717, 1.165) is 18.4 Å². The zero-order valence-corrected chi connectivity index (χ0v) is 22.5. The Bertz CT molecular complexity index is 1570. The maximum atomic E-state index is 13.7. The molecule has 39 heavy (non-hydrogen) atoms. The SMILES string of the molecule is Cc1c(S(=O)(=O)Nc2ccon2)ncc(C(=O)N2CCC(c3ccc(F)cc3)CC2)c1Nc1ccc(Cl)cc1. The van der Waals surface area contributed by atoms with Crippen molar-refractivity contribution in [2.24, 2.45) is 0 Å². The van der Waals surface area contributed by atoms with Crippen molar-refractivity contribution in [2.45, 2.75) is 30.7 Å². The van der Waals surface area contributed by atoms with Crippen LogP contribution in [-0.2, 0) is 10.0 Å². The highest BCUT2D eigenvalue weighted by Gasteiger charge is 2.30. The van der Waals surface area contributed by atoms with E-state index in [0.29, 0.717) is 29.5 Å². The van der Waals surface area contributed by atoms with Crippen LogP contribution in [0.4, 0.5) is 21.6 Å². The fourth-order valence-corrected chi connectivity index (χ4v) is 5.94. The minimum Gasteiger partial charge on any atom is -0.363 e. The molecule has 1 amide bonds. The molecule has 5 rings (SSSR count). The minimum atomic E-state index is -4.14. The van der Waals surface area contributed by atoms with Crippen molar-refractivity contribution >= 4 is 44.7 Å². The molecule has 12 heteroatoms. The van der Waals surface area contributed by atoms with Crippen LogP contribution in [0.15, 0.2) is 76.6 Å². The highest BCUT2D eigenvalue weighted by atomic mass is 35.5. The summed E-state index contributed by atoms with van der Waals surface area (Å²) in [6, 6.07) is 14.7. The molecule has 0 saturated carbocycles. The van der Waals surface area contributed by atoms with Gasteiger partial charge in [0.05, 0.1) is 11.3 Å². The summed E-state index contributed by atoms with van der Waals surface area (Å²) >= 11 is 6.03. The third-order valence-corrected chi connectivity index (χ3v) is 8.33. The molecule has 9 nitrogen and oxygen atoms in total. The van der Waals surface area contributed by atoms with E-state index in [1.54, 1.807) is 48.2 Å². The molecule has 4 aromatic rings. The molecule has 0 bridgehead atoms. The van der Waals surface area contributed by atoms with Gasteiger partial charge in [0.2, 0.25) is 0 Å². The standard InChI is InChI=1S/C27H25ClFN5O4S/c1-17-25(31-22-8-4-20(28)5-9-22)23(16-30-26(17)39(36,37)33-24-12-15-38-32-24)27(35)34-13-10-19(11-14-34)18-2-6-21(29)7-3-18/h2-9,12,15-16,19H,10-11,13-14H2,1H3,(H,30,31)(H,32,33). The molecule has 2 aromatic carbocycles. The molecular formula is C27H25ClFN5O4S. The Labute approximate surface area is 230 Å². The van der Waals surface area contributed by atoms with E-state index in [9.17, 15) is 17.6 Å². The van der Waals surface area contributed by atoms with Crippen molar-refractivity contribution in [1.82, 2.24) is 15.0 Å². The van der Waals surface area contributed by atoms with Crippen LogP contribution in [0.3, 0.4) is 0 Å². The number of aromatic nitrogens is 2. The monoisotopic (exact) mass is 569 g/mol. The molecule has 0 atom stereocenters. The highest BCUT2D eigenvalue weighted by molar-refractivity contribution is 7.92. The van der Waals surface area contributed by atoms with E-state index >= 15 is 0 Å². The Balaban J connectivity index is 1.44. The van der Waals surface area contributed by atoms with E-state index in [-0.39, 0.29) is 39.6 Å². The Morgan fingerprint density at radius 1 is 1.08 bits per heavy atom. The molecule has 1 aliphatic heterocycles. The molecule has 0 radical (unpaired) electrons. The maximum absolute atomic E-state index is 13.7. The summed E-state index contributed by atoms with van der Waals surface area (Å²) in [4.78, 5) is 19.6. The Morgan fingerprint density at radius 2 is 1.77 bits per heavy atom. The molecule has 1 aliphatic rings. The van der Waals surface area contributed by atoms with Crippen LogP contribution in [0, 0.1) is 12.7 Å². The predicted octanol–water partition coefficient (Wildman–Crippen LogP) is 5.73. The number of amides is 1. The number of nitrogens with zero attached hydrogens (tertiary/aromatic N) is 3. The third kappa shape index (κ3) is 5.89. The van der Waals surface area contributed by atoms with E-state index in [1.807, 2.05) is 0 Å². The lowest BCUT2D eigenvalue weighted by Gasteiger charge is -2.33. The lowest BCUT2D eigenvalue weighted by molar-refractivity contribution is 0.0713. The number of sulfonamides is 1. The number of carbonyl (C=O) groups excluding carboxylic acids is 1. The first kappa shape index (κ1) is 26.6. The second-order valence-corrected chi connectivity index (χ2v) is 11.3. The van der Waals surface area contributed by atoms with Crippen molar-refractivity contribution in [3.8, 4) is 0 Å². The van der Waals surface area contributed by atoms with Gasteiger partial charge < -0.3 is 14.7 Å². The Morgan fingerprint density at radius 3 is 2.41 bits per heavy atom. The topological polar surface area (TPSA) is 117 Å². The Kier molecular flexibility index (Phi) is 7.53. The molecule has 3 heterocycles. The van der Waals surface area contributed by atoms with Gasteiger partial charge in [0, 0.05) is 41.6 Å². The van der Waals surface area contributed by atoms with E-state index in [2.05, 4.69) is 20.2 Å². The number of carbonyl (C=O) groups is 1. The number of benzene rings is 2. The van der Waals surface area contributed by atoms with Crippen LogP contribution >= 0.6 is 11.6 Å². The van der Waals surface area contributed by atoms with Crippen molar-refractivity contribution < 1.29 is 22.1 Å². The molecular weight excluding hydrogens is 545 g/mol. The van der Waals surface area contributed by atoms with Crippen LogP contribution < -0.4 is 10.0 Å². The highest BCUT2D eigenvalue weighted by Crippen LogP contribution is 2.33. The third-order valence-electron chi connectivity index (χ3n) is 6.67. The smallest absolute Gasteiger partial charge is 0.280 e. The lowest BCUT2D eigenvalue weighted by atomic mass is 9.89. The minimum absolute atomic E-state index is 0.00703. The van der Waals surface area contributed by atoms with Gasteiger partial charge in [-0.05, 0) is 67.6 Å². The Hall–Kier alpha value is -3.96. The number of nitrogens with one attached hydrogen (secondary N) is 2. The van der Waals surface area contributed by atoms with Crippen LogP contribution in [0.25, 0.3) is 0 Å². The summed E-state index contributed by atoms with van der Waals surface area (Å²) in [7, 11) is -4.14. The van der Waals surface area contributed by atoms with Gasteiger partial charge in [-0.25, -0.2) is 9.37 Å². The number of likely N-dealkylation sites (tertiary alicyclic amines) is 1. The van der Waals surface area contributed by atoms with Gasteiger partial charge in [0.25, 0.3) is 15.9 Å². The number of piperidine rings is 1. The normalized spacial score (nSPS) is 14.3.